The number of hydrogen-bond donors (Lipinski definition) is 1. The van der Waals surface area contributed by atoms with E-state index < -0.39 is 10.0 Å². The standard InChI is InChI=1S/C11H8Br2ClNO2S2/c12-8-3-1-2-7(4-8)6-15-19(16,17)10-5-9(14)11(13)18-10/h1-5,15H,6H2. The maximum Gasteiger partial charge on any atom is 0.250 e. The van der Waals surface area contributed by atoms with Crippen LogP contribution in [0.3, 0.4) is 0 Å². The molecule has 0 amide bonds. The lowest BCUT2D eigenvalue weighted by Crippen LogP contribution is -2.22. The van der Waals surface area contributed by atoms with E-state index in [0.29, 0.717) is 8.81 Å². The molecule has 2 rings (SSSR count). The Morgan fingerprint density at radius 3 is 2.58 bits per heavy atom. The van der Waals surface area contributed by atoms with Crippen molar-refractivity contribution in [3.05, 3.63) is 49.2 Å². The van der Waals surface area contributed by atoms with Gasteiger partial charge in [-0.05, 0) is 39.7 Å². The van der Waals surface area contributed by atoms with E-state index in [2.05, 4.69) is 36.6 Å². The van der Waals surface area contributed by atoms with Crippen molar-refractivity contribution in [1.82, 2.24) is 4.72 Å². The summed E-state index contributed by atoms with van der Waals surface area (Å²) in [6.45, 7) is 0.231. The smallest absolute Gasteiger partial charge is 0.206 e. The molecule has 0 bridgehead atoms. The van der Waals surface area contributed by atoms with Crippen LogP contribution in [0.1, 0.15) is 5.56 Å². The predicted molar refractivity (Wildman–Crippen MR) is 85.2 cm³/mol. The van der Waals surface area contributed by atoms with Crippen molar-refractivity contribution in [2.75, 3.05) is 0 Å². The summed E-state index contributed by atoms with van der Waals surface area (Å²) in [7, 11) is -3.53. The molecule has 0 aliphatic carbocycles. The topological polar surface area (TPSA) is 46.2 Å². The van der Waals surface area contributed by atoms with Crippen LogP contribution in [0.25, 0.3) is 0 Å². The second-order valence-corrected chi connectivity index (χ2v) is 9.33. The highest BCUT2D eigenvalue weighted by Gasteiger charge is 2.18. The molecule has 0 atom stereocenters. The van der Waals surface area contributed by atoms with Gasteiger partial charge in [0.1, 0.15) is 4.21 Å². The highest BCUT2D eigenvalue weighted by molar-refractivity contribution is 9.11. The van der Waals surface area contributed by atoms with E-state index in [-0.39, 0.29) is 10.8 Å². The minimum absolute atomic E-state index is 0.194. The van der Waals surface area contributed by atoms with Crippen molar-refractivity contribution in [3.63, 3.8) is 0 Å². The zero-order valence-corrected chi connectivity index (χ0v) is 14.9. The van der Waals surface area contributed by atoms with Gasteiger partial charge >= 0.3 is 0 Å². The zero-order valence-electron chi connectivity index (χ0n) is 9.36. The van der Waals surface area contributed by atoms with Gasteiger partial charge in [-0.25, -0.2) is 13.1 Å². The molecule has 0 unspecified atom stereocenters. The lowest BCUT2D eigenvalue weighted by Gasteiger charge is -2.05. The van der Waals surface area contributed by atoms with Gasteiger partial charge in [-0.3, -0.25) is 0 Å². The minimum atomic E-state index is -3.53. The van der Waals surface area contributed by atoms with Crippen molar-refractivity contribution in [2.24, 2.45) is 0 Å². The van der Waals surface area contributed by atoms with Gasteiger partial charge in [-0.2, -0.15) is 0 Å². The third kappa shape index (κ3) is 4.03. The first-order valence-corrected chi connectivity index (χ1v) is 9.34. The monoisotopic (exact) mass is 443 g/mol. The molecule has 1 aromatic heterocycles. The number of benzene rings is 1. The molecular weight excluding hydrogens is 438 g/mol. The van der Waals surface area contributed by atoms with Crippen LogP contribution >= 0.6 is 54.8 Å². The Balaban J connectivity index is 2.14. The molecule has 0 spiro atoms. The highest BCUT2D eigenvalue weighted by Crippen LogP contribution is 2.34. The highest BCUT2D eigenvalue weighted by atomic mass is 79.9. The summed E-state index contributed by atoms with van der Waals surface area (Å²) in [6, 6.07) is 8.88. The fourth-order valence-electron chi connectivity index (χ4n) is 1.36. The largest absolute Gasteiger partial charge is 0.250 e. The quantitative estimate of drug-likeness (QED) is 0.758. The number of halogens is 3. The molecule has 0 radical (unpaired) electrons. The normalized spacial score (nSPS) is 11.7. The van der Waals surface area contributed by atoms with Crippen LogP contribution in [0, 0.1) is 0 Å². The second kappa shape index (κ2) is 6.24. The van der Waals surface area contributed by atoms with Crippen molar-refractivity contribution < 1.29 is 8.42 Å². The average molecular weight is 446 g/mol. The molecule has 1 heterocycles. The Bertz CT molecular complexity index is 681. The number of thiophene rings is 1. The summed E-state index contributed by atoms with van der Waals surface area (Å²) in [5.74, 6) is 0. The van der Waals surface area contributed by atoms with E-state index in [1.807, 2.05) is 24.3 Å². The number of hydrogen-bond acceptors (Lipinski definition) is 3. The van der Waals surface area contributed by atoms with Gasteiger partial charge in [0.15, 0.2) is 0 Å². The first-order chi connectivity index (χ1) is 8.88. The Labute approximate surface area is 137 Å². The first kappa shape index (κ1) is 15.5. The summed E-state index contributed by atoms with van der Waals surface area (Å²) in [5, 5.41) is 0.396. The van der Waals surface area contributed by atoms with Crippen LogP contribution in [-0.2, 0) is 16.6 Å². The van der Waals surface area contributed by atoms with Crippen LogP contribution in [0.2, 0.25) is 5.02 Å². The van der Waals surface area contributed by atoms with Gasteiger partial charge < -0.3 is 0 Å². The van der Waals surface area contributed by atoms with Gasteiger partial charge in [0, 0.05) is 11.0 Å². The van der Waals surface area contributed by atoms with E-state index in [1.165, 1.54) is 6.07 Å². The summed E-state index contributed by atoms with van der Waals surface area (Å²) >= 11 is 13.5. The Kier molecular flexibility index (Phi) is 5.08. The molecular formula is C11H8Br2ClNO2S2. The summed E-state index contributed by atoms with van der Waals surface area (Å²) in [6.07, 6.45) is 0. The third-order valence-electron chi connectivity index (χ3n) is 2.24. The van der Waals surface area contributed by atoms with Gasteiger partial charge in [0.05, 0.1) is 8.81 Å². The first-order valence-electron chi connectivity index (χ1n) is 5.07. The fourth-order valence-corrected chi connectivity index (χ4v) is 5.26. The lowest BCUT2D eigenvalue weighted by molar-refractivity contribution is 0.583. The lowest BCUT2D eigenvalue weighted by atomic mass is 10.2. The minimum Gasteiger partial charge on any atom is -0.206 e. The summed E-state index contributed by atoms with van der Waals surface area (Å²) in [5.41, 5.74) is 0.875. The Hall–Kier alpha value is 0.0800. The van der Waals surface area contributed by atoms with E-state index in [9.17, 15) is 8.42 Å². The van der Waals surface area contributed by atoms with Gasteiger partial charge in [0.25, 0.3) is 0 Å². The van der Waals surface area contributed by atoms with Gasteiger partial charge in [0.2, 0.25) is 10.0 Å². The average Bonchev–Trinajstić information content (AvgIpc) is 2.68. The van der Waals surface area contributed by atoms with Crippen LogP contribution in [0.4, 0.5) is 0 Å². The van der Waals surface area contributed by atoms with E-state index in [0.717, 1.165) is 21.4 Å². The molecule has 102 valence electrons. The summed E-state index contributed by atoms with van der Waals surface area (Å²) in [4.78, 5) is 0. The summed E-state index contributed by atoms with van der Waals surface area (Å²) < 4.78 is 28.4. The molecule has 0 aliphatic heterocycles. The predicted octanol–water partition coefficient (Wildman–Crippen LogP) is 4.41. The second-order valence-electron chi connectivity index (χ2n) is 3.64. The Morgan fingerprint density at radius 2 is 2.00 bits per heavy atom. The fraction of sp³-hybridized carbons (Fsp3) is 0.0909. The van der Waals surface area contributed by atoms with Crippen molar-refractivity contribution in [3.8, 4) is 0 Å². The van der Waals surface area contributed by atoms with E-state index in [1.54, 1.807) is 0 Å². The number of rotatable bonds is 4. The van der Waals surface area contributed by atoms with Crippen molar-refractivity contribution >= 4 is 64.8 Å². The van der Waals surface area contributed by atoms with E-state index >= 15 is 0 Å². The van der Waals surface area contributed by atoms with Crippen molar-refractivity contribution in [2.45, 2.75) is 10.8 Å². The Morgan fingerprint density at radius 1 is 1.26 bits per heavy atom. The molecule has 2 aromatic rings. The van der Waals surface area contributed by atoms with Gasteiger partial charge in [-0.1, -0.05) is 39.7 Å². The molecule has 19 heavy (non-hydrogen) atoms. The molecule has 0 fully saturated rings. The molecule has 0 saturated carbocycles. The molecule has 3 nitrogen and oxygen atoms in total. The molecule has 8 heteroatoms. The molecule has 1 N–H and O–H groups in total. The number of sulfonamides is 1. The van der Waals surface area contributed by atoms with Crippen LogP contribution in [0.15, 0.2) is 42.8 Å². The molecule has 0 saturated heterocycles. The van der Waals surface area contributed by atoms with E-state index in [4.69, 9.17) is 11.6 Å². The van der Waals surface area contributed by atoms with Crippen LogP contribution in [-0.4, -0.2) is 8.42 Å². The van der Waals surface area contributed by atoms with Crippen LogP contribution in [0.5, 0.6) is 0 Å². The maximum atomic E-state index is 12.1. The number of nitrogens with one attached hydrogen (secondary N) is 1. The third-order valence-corrected chi connectivity index (χ3v) is 7.09. The molecule has 1 aromatic carbocycles. The van der Waals surface area contributed by atoms with Gasteiger partial charge in [-0.15, -0.1) is 11.3 Å². The SMILES string of the molecule is O=S(=O)(NCc1cccc(Br)c1)c1cc(Cl)c(Br)s1. The maximum absolute atomic E-state index is 12.1. The zero-order chi connectivity index (χ0) is 14.0. The van der Waals surface area contributed by atoms with Crippen LogP contribution < -0.4 is 4.72 Å². The van der Waals surface area contributed by atoms with Crippen molar-refractivity contribution in [1.29, 1.82) is 0 Å². The molecule has 0 aliphatic rings.